The fourth-order valence-corrected chi connectivity index (χ4v) is 7.60. The Morgan fingerprint density at radius 1 is 0.828 bits per heavy atom. The molecule has 58 heavy (non-hydrogen) atoms. The lowest BCUT2D eigenvalue weighted by molar-refractivity contribution is -0.136. The highest BCUT2D eigenvalue weighted by Gasteiger charge is 2.45. The third-order valence-corrected chi connectivity index (χ3v) is 11.1. The molecule has 4 aromatic rings. The van der Waals surface area contributed by atoms with Crippen LogP contribution in [0.2, 0.25) is 0 Å². The van der Waals surface area contributed by atoms with Gasteiger partial charge in [0.05, 0.1) is 56.3 Å². The van der Waals surface area contributed by atoms with Crippen LogP contribution in [0.15, 0.2) is 54.7 Å². The molecule has 1 unspecified atom stereocenters. The van der Waals surface area contributed by atoms with Gasteiger partial charge >= 0.3 is 0 Å². The number of piperazine rings is 1. The van der Waals surface area contributed by atoms with Crippen LogP contribution in [-0.4, -0.2) is 139 Å². The quantitative estimate of drug-likeness (QED) is 0.110. The number of carbonyl (C=O) groups excluding carboxylic acids is 4. The predicted octanol–water partition coefficient (Wildman–Crippen LogP) is 3.60. The molecule has 0 radical (unpaired) electrons. The van der Waals surface area contributed by atoms with Crippen molar-refractivity contribution in [3.63, 3.8) is 0 Å². The van der Waals surface area contributed by atoms with Crippen LogP contribution < -0.4 is 19.7 Å². The Bertz CT molecular complexity index is 2170. The molecule has 4 aliphatic rings. The molecular weight excluding hydrogens is 747 g/mol. The van der Waals surface area contributed by atoms with Crippen molar-refractivity contribution in [3.05, 3.63) is 65.9 Å². The van der Waals surface area contributed by atoms with Crippen LogP contribution in [0, 0.1) is 0 Å². The summed E-state index contributed by atoms with van der Waals surface area (Å²) in [5, 5.41) is 11.0. The number of benzene rings is 2. The maximum Gasteiger partial charge on any atom is 0.262 e. The lowest BCUT2D eigenvalue weighted by Gasteiger charge is -2.40. The Balaban J connectivity index is 0.685. The van der Waals surface area contributed by atoms with E-state index in [1.807, 2.05) is 24.4 Å². The highest BCUT2D eigenvalue weighted by atomic mass is 16.6. The Hall–Kier alpha value is -5.42. The fourth-order valence-electron chi connectivity index (χ4n) is 7.60. The zero-order valence-electron chi connectivity index (χ0n) is 32.9. The second kappa shape index (κ2) is 17.2. The number of imide groups is 2. The van der Waals surface area contributed by atoms with Gasteiger partial charge in [0.15, 0.2) is 0 Å². The van der Waals surface area contributed by atoms with E-state index in [0.717, 1.165) is 77.6 Å². The van der Waals surface area contributed by atoms with Crippen LogP contribution in [0.3, 0.4) is 0 Å². The average molecular weight is 796 g/mol. The van der Waals surface area contributed by atoms with Crippen molar-refractivity contribution in [2.75, 3.05) is 77.3 Å². The molecule has 16 nitrogen and oxygen atoms in total. The number of nitrogens with zero attached hydrogens (tertiary/aromatic N) is 5. The summed E-state index contributed by atoms with van der Waals surface area (Å²) in [6.45, 7) is 10.8. The van der Waals surface area contributed by atoms with Gasteiger partial charge in [0.25, 0.3) is 11.8 Å². The third-order valence-electron chi connectivity index (χ3n) is 11.1. The molecule has 306 valence electrons. The second-order valence-electron chi connectivity index (χ2n) is 15.4. The number of hydrogen-bond donors (Lipinski definition) is 2. The summed E-state index contributed by atoms with van der Waals surface area (Å²) >= 11 is 0. The van der Waals surface area contributed by atoms with E-state index in [-0.39, 0.29) is 36.2 Å². The van der Waals surface area contributed by atoms with E-state index >= 15 is 0 Å². The number of hydrogen-bond acceptors (Lipinski definition) is 13. The second-order valence-corrected chi connectivity index (χ2v) is 15.4. The van der Waals surface area contributed by atoms with Gasteiger partial charge in [-0.2, -0.15) is 5.10 Å². The Morgan fingerprint density at radius 3 is 2.33 bits per heavy atom. The summed E-state index contributed by atoms with van der Waals surface area (Å²) in [5.74, 6) is 0.0254. The molecule has 1 aliphatic carbocycles. The van der Waals surface area contributed by atoms with E-state index in [1.165, 1.54) is 12.1 Å². The number of rotatable bonds is 18. The number of ether oxygens (including phenoxy) is 5. The number of anilines is 1. The summed E-state index contributed by atoms with van der Waals surface area (Å²) < 4.78 is 29.1. The molecule has 4 amide bonds. The molecule has 3 aliphatic heterocycles. The van der Waals surface area contributed by atoms with Crippen molar-refractivity contribution in [3.8, 4) is 22.8 Å². The van der Waals surface area contributed by atoms with Gasteiger partial charge in [0, 0.05) is 55.8 Å². The molecule has 3 fully saturated rings. The first-order valence-electron chi connectivity index (χ1n) is 20.0. The van der Waals surface area contributed by atoms with Crippen molar-refractivity contribution in [1.82, 2.24) is 30.3 Å². The zero-order chi connectivity index (χ0) is 40.2. The Kier molecular flexibility index (Phi) is 11.7. The lowest BCUT2D eigenvalue weighted by Crippen LogP contribution is -2.54. The predicted molar refractivity (Wildman–Crippen MR) is 212 cm³/mol. The van der Waals surface area contributed by atoms with Gasteiger partial charge in [-0.25, -0.2) is 4.98 Å². The number of aromatic nitrogens is 3. The van der Waals surface area contributed by atoms with E-state index in [9.17, 15) is 19.2 Å². The highest BCUT2D eigenvalue weighted by Crippen LogP contribution is 2.41. The molecule has 2 saturated heterocycles. The summed E-state index contributed by atoms with van der Waals surface area (Å²) in [4.78, 5) is 60.1. The molecule has 0 bridgehead atoms. The van der Waals surface area contributed by atoms with Crippen LogP contribution in [0.1, 0.15) is 60.2 Å². The van der Waals surface area contributed by atoms with E-state index in [2.05, 4.69) is 51.3 Å². The topological polar surface area (TPSA) is 178 Å². The number of nitrogens with one attached hydrogen (secondary N) is 2. The number of carbonyl (C=O) groups is 4. The molecule has 2 aromatic heterocycles. The minimum Gasteiger partial charge on any atom is -0.491 e. The van der Waals surface area contributed by atoms with E-state index < -0.39 is 29.7 Å². The van der Waals surface area contributed by atoms with Crippen LogP contribution >= 0.6 is 0 Å². The number of pyridine rings is 1. The fraction of sp³-hybridized carbons (Fsp3) is 0.476. The maximum atomic E-state index is 13.0. The first-order chi connectivity index (χ1) is 28.2. The van der Waals surface area contributed by atoms with Gasteiger partial charge in [-0.15, -0.1) is 0 Å². The van der Waals surface area contributed by atoms with Gasteiger partial charge < -0.3 is 28.6 Å². The third kappa shape index (κ3) is 8.84. The number of amides is 4. The van der Waals surface area contributed by atoms with Gasteiger partial charge in [0.1, 0.15) is 41.3 Å². The van der Waals surface area contributed by atoms with E-state index in [1.54, 1.807) is 6.07 Å². The SMILES string of the molecule is C[C@H]1CN(c2cc(-c3n[nH]c4ccc(OC5(C)CC5)cc34)ccn2)CCN1CCOCCOCCOCCOc1ccc2c(c1)C(=O)N(C1CCC(=O)NC1=O)C2=O. The van der Waals surface area contributed by atoms with E-state index in [4.69, 9.17) is 28.7 Å². The smallest absolute Gasteiger partial charge is 0.262 e. The number of piperidine rings is 1. The largest absolute Gasteiger partial charge is 0.491 e. The zero-order valence-corrected chi connectivity index (χ0v) is 32.9. The molecule has 2 N–H and O–H groups in total. The summed E-state index contributed by atoms with van der Waals surface area (Å²) in [6, 6.07) is 14.2. The maximum absolute atomic E-state index is 13.0. The Labute approximate surface area is 336 Å². The van der Waals surface area contributed by atoms with Gasteiger partial charge in [0.2, 0.25) is 11.8 Å². The molecule has 2 aromatic carbocycles. The van der Waals surface area contributed by atoms with Crippen molar-refractivity contribution in [1.29, 1.82) is 0 Å². The first-order valence-corrected chi connectivity index (χ1v) is 20.0. The lowest BCUT2D eigenvalue weighted by atomic mass is 10.0. The normalized spacial score (nSPS) is 20.4. The minimum atomic E-state index is -1.01. The number of aromatic amines is 1. The Morgan fingerprint density at radius 2 is 1.57 bits per heavy atom. The molecular formula is C42H49N7O9. The first kappa shape index (κ1) is 39.4. The van der Waals surface area contributed by atoms with Crippen LogP contribution in [-0.2, 0) is 23.8 Å². The molecule has 1 saturated carbocycles. The van der Waals surface area contributed by atoms with E-state index in [0.29, 0.717) is 51.4 Å². The van der Waals surface area contributed by atoms with Gasteiger partial charge in [-0.3, -0.25) is 39.4 Å². The van der Waals surface area contributed by atoms with Crippen molar-refractivity contribution in [2.45, 2.75) is 57.2 Å². The van der Waals surface area contributed by atoms with Crippen molar-refractivity contribution >= 4 is 40.3 Å². The average Bonchev–Trinajstić information content (AvgIpc) is 3.70. The number of H-pyrrole nitrogens is 1. The van der Waals surface area contributed by atoms with Gasteiger partial charge in [-0.1, -0.05) is 0 Å². The monoisotopic (exact) mass is 795 g/mol. The minimum absolute atomic E-state index is 0.0434. The van der Waals surface area contributed by atoms with Crippen molar-refractivity contribution in [2.24, 2.45) is 0 Å². The molecule has 0 spiro atoms. The molecule has 16 heteroatoms. The summed E-state index contributed by atoms with van der Waals surface area (Å²) in [7, 11) is 0. The standard InChI is InChI=1S/C42H49N7O9/c1-27-26-48(36-23-28(9-12-43-36)38-33-25-30(58-42(2)10-11-42)4-6-34(33)45-46-38)14-13-47(27)15-16-54-17-18-55-19-20-56-21-22-57-29-3-5-31-32(24-29)41(53)49(40(31)52)35-7-8-37(50)44-39(35)51/h3-6,9,12,23-25,27,35H,7-8,10-11,13-22,26H2,1-2H3,(H,45,46)(H,44,50,51)/t27-,35?/m0/s1. The van der Waals surface area contributed by atoms with Crippen LogP contribution in [0.4, 0.5) is 5.82 Å². The summed E-state index contributed by atoms with van der Waals surface area (Å²) in [6.07, 6.45) is 4.20. The van der Waals surface area contributed by atoms with Crippen LogP contribution in [0.25, 0.3) is 22.2 Å². The molecule has 5 heterocycles. The molecule has 2 atom stereocenters. The summed E-state index contributed by atoms with van der Waals surface area (Å²) in [5.41, 5.74) is 3.22. The van der Waals surface area contributed by atoms with Gasteiger partial charge in [-0.05, 0) is 81.6 Å². The number of fused-ring (bicyclic) bond motifs is 2. The highest BCUT2D eigenvalue weighted by molar-refractivity contribution is 6.23. The van der Waals surface area contributed by atoms with Crippen molar-refractivity contribution < 1.29 is 42.9 Å². The van der Waals surface area contributed by atoms with Crippen LogP contribution in [0.5, 0.6) is 11.5 Å². The molecule has 8 rings (SSSR count).